The standard InChI is InChI=1S/C11H20N2O2/c1-2-15-11(14)9-12-6-7-13-5-3-4-10(13)8-12/h10H,2-9H2,1H3. The molecular weight excluding hydrogens is 192 g/mol. The second-order valence-electron chi connectivity index (χ2n) is 4.37. The fraction of sp³-hybridized carbons (Fsp3) is 0.909. The van der Waals surface area contributed by atoms with Crippen molar-refractivity contribution in [2.24, 2.45) is 0 Å². The van der Waals surface area contributed by atoms with Gasteiger partial charge in [-0.1, -0.05) is 0 Å². The lowest BCUT2D eigenvalue weighted by Crippen LogP contribution is -2.51. The predicted molar refractivity (Wildman–Crippen MR) is 57.7 cm³/mol. The van der Waals surface area contributed by atoms with Gasteiger partial charge in [0.25, 0.3) is 0 Å². The van der Waals surface area contributed by atoms with E-state index in [0.717, 1.165) is 19.6 Å². The van der Waals surface area contributed by atoms with E-state index in [1.807, 2.05) is 6.92 Å². The zero-order valence-electron chi connectivity index (χ0n) is 9.45. The molecule has 4 heteroatoms. The van der Waals surface area contributed by atoms with Gasteiger partial charge in [-0.3, -0.25) is 14.6 Å². The maximum absolute atomic E-state index is 11.3. The average molecular weight is 212 g/mol. The van der Waals surface area contributed by atoms with Gasteiger partial charge < -0.3 is 4.74 Å². The van der Waals surface area contributed by atoms with E-state index in [2.05, 4.69) is 9.80 Å². The van der Waals surface area contributed by atoms with Gasteiger partial charge in [0.15, 0.2) is 0 Å². The second kappa shape index (κ2) is 4.94. The number of piperazine rings is 1. The number of rotatable bonds is 3. The molecule has 0 spiro atoms. The molecule has 0 aromatic heterocycles. The number of ether oxygens (including phenoxy) is 1. The first-order valence-corrected chi connectivity index (χ1v) is 5.91. The first-order valence-electron chi connectivity index (χ1n) is 5.91. The lowest BCUT2D eigenvalue weighted by molar-refractivity contribution is -0.145. The molecule has 2 rings (SSSR count). The van der Waals surface area contributed by atoms with Gasteiger partial charge >= 0.3 is 5.97 Å². The minimum Gasteiger partial charge on any atom is -0.465 e. The zero-order chi connectivity index (χ0) is 10.7. The van der Waals surface area contributed by atoms with E-state index >= 15 is 0 Å². The third kappa shape index (κ3) is 2.69. The van der Waals surface area contributed by atoms with Crippen molar-refractivity contribution in [3.05, 3.63) is 0 Å². The van der Waals surface area contributed by atoms with Crippen LogP contribution in [-0.2, 0) is 9.53 Å². The van der Waals surface area contributed by atoms with E-state index in [-0.39, 0.29) is 5.97 Å². The molecule has 2 fully saturated rings. The molecule has 0 aromatic carbocycles. The van der Waals surface area contributed by atoms with Crippen LogP contribution in [0.15, 0.2) is 0 Å². The molecule has 0 N–H and O–H groups in total. The Hall–Kier alpha value is -0.610. The Kier molecular flexibility index (Phi) is 3.59. The van der Waals surface area contributed by atoms with Gasteiger partial charge in [-0.25, -0.2) is 0 Å². The zero-order valence-corrected chi connectivity index (χ0v) is 9.45. The number of hydrogen-bond acceptors (Lipinski definition) is 4. The minimum atomic E-state index is -0.0797. The van der Waals surface area contributed by atoms with Crippen LogP contribution >= 0.6 is 0 Å². The van der Waals surface area contributed by atoms with Crippen molar-refractivity contribution in [1.29, 1.82) is 0 Å². The van der Waals surface area contributed by atoms with Gasteiger partial charge in [0.05, 0.1) is 13.2 Å². The first-order chi connectivity index (χ1) is 7.29. The quantitative estimate of drug-likeness (QED) is 0.631. The third-order valence-corrected chi connectivity index (χ3v) is 3.33. The summed E-state index contributed by atoms with van der Waals surface area (Å²) in [5, 5.41) is 0. The topological polar surface area (TPSA) is 32.8 Å². The minimum absolute atomic E-state index is 0.0797. The monoisotopic (exact) mass is 212 g/mol. The van der Waals surface area contributed by atoms with Crippen LogP contribution in [0.25, 0.3) is 0 Å². The maximum Gasteiger partial charge on any atom is 0.320 e. The van der Waals surface area contributed by atoms with Crippen molar-refractivity contribution < 1.29 is 9.53 Å². The van der Waals surface area contributed by atoms with Gasteiger partial charge in [0.2, 0.25) is 0 Å². The molecular formula is C11H20N2O2. The number of fused-ring (bicyclic) bond motifs is 1. The molecule has 2 saturated heterocycles. The van der Waals surface area contributed by atoms with E-state index in [4.69, 9.17) is 4.74 Å². The van der Waals surface area contributed by atoms with Crippen LogP contribution in [0.3, 0.4) is 0 Å². The van der Waals surface area contributed by atoms with Crippen molar-refractivity contribution in [1.82, 2.24) is 9.80 Å². The summed E-state index contributed by atoms with van der Waals surface area (Å²) in [7, 11) is 0. The first kappa shape index (κ1) is 10.9. The molecule has 86 valence electrons. The predicted octanol–water partition coefficient (Wildman–Crippen LogP) is 0.329. The van der Waals surface area contributed by atoms with Crippen LogP contribution in [-0.4, -0.2) is 61.1 Å². The maximum atomic E-state index is 11.3. The Balaban J connectivity index is 1.77. The lowest BCUT2D eigenvalue weighted by Gasteiger charge is -2.36. The molecule has 1 unspecified atom stereocenters. The highest BCUT2D eigenvalue weighted by Crippen LogP contribution is 2.21. The van der Waals surface area contributed by atoms with Crippen LogP contribution in [0.2, 0.25) is 0 Å². The molecule has 0 bridgehead atoms. The summed E-state index contributed by atoms with van der Waals surface area (Å²) in [5.74, 6) is -0.0797. The molecule has 0 aliphatic carbocycles. The fourth-order valence-corrected chi connectivity index (χ4v) is 2.59. The van der Waals surface area contributed by atoms with Gasteiger partial charge in [0.1, 0.15) is 0 Å². The SMILES string of the molecule is CCOC(=O)CN1CCN2CCCC2C1. The van der Waals surface area contributed by atoms with Crippen LogP contribution in [0, 0.1) is 0 Å². The van der Waals surface area contributed by atoms with Crippen molar-refractivity contribution in [2.45, 2.75) is 25.8 Å². The Morgan fingerprint density at radius 2 is 2.27 bits per heavy atom. The molecule has 0 radical (unpaired) electrons. The van der Waals surface area contributed by atoms with E-state index < -0.39 is 0 Å². The molecule has 0 amide bonds. The largest absolute Gasteiger partial charge is 0.465 e. The number of hydrogen-bond donors (Lipinski definition) is 0. The molecule has 0 saturated carbocycles. The highest BCUT2D eigenvalue weighted by molar-refractivity contribution is 5.71. The third-order valence-electron chi connectivity index (χ3n) is 3.33. The number of carbonyl (C=O) groups is 1. The second-order valence-corrected chi connectivity index (χ2v) is 4.37. The summed E-state index contributed by atoms with van der Waals surface area (Å²) in [6.45, 7) is 7.23. The summed E-state index contributed by atoms with van der Waals surface area (Å²) in [6, 6.07) is 0.688. The summed E-state index contributed by atoms with van der Waals surface area (Å²) >= 11 is 0. The summed E-state index contributed by atoms with van der Waals surface area (Å²) in [6.07, 6.45) is 2.61. The highest BCUT2D eigenvalue weighted by atomic mass is 16.5. The van der Waals surface area contributed by atoms with E-state index in [1.165, 1.54) is 19.4 Å². The molecule has 2 heterocycles. The smallest absolute Gasteiger partial charge is 0.320 e. The van der Waals surface area contributed by atoms with Crippen LogP contribution < -0.4 is 0 Å². The Labute approximate surface area is 91.2 Å². The Morgan fingerprint density at radius 1 is 1.40 bits per heavy atom. The molecule has 2 aliphatic rings. The molecule has 4 nitrogen and oxygen atoms in total. The molecule has 0 aromatic rings. The Morgan fingerprint density at radius 3 is 3.07 bits per heavy atom. The highest BCUT2D eigenvalue weighted by Gasteiger charge is 2.31. The molecule has 1 atom stereocenters. The van der Waals surface area contributed by atoms with Gasteiger partial charge in [-0.2, -0.15) is 0 Å². The van der Waals surface area contributed by atoms with Crippen molar-refractivity contribution in [3.8, 4) is 0 Å². The van der Waals surface area contributed by atoms with Crippen molar-refractivity contribution in [3.63, 3.8) is 0 Å². The van der Waals surface area contributed by atoms with Crippen LogP contribution in [0.4, 0.5) is 0 Å². The molecule has 15 heavy (non-hydrogen) atoms. The van der Waals surface area contributed by atoms with Crippen LogP contribution in [0.5, 0.6) is 0 Å². The van der Waals surface area contributed by atoms with Gasteiger partial charge in [0, 0.05) is 25.7 Å². The Bertz CT molecular complexity index is 233. The summed E-state index contributed by atoms with van der Waals surface area (Å²) in [4.78, 5) is 16.1. The van der Waals surface area contributed by atoms with E-state index in [1.54, 1.807) is 0 Å². The number of carbonyl (C=O) groups excluding carboxylic acids is 1. The number of nitrogens with zero attached hydrogens (tertiary/aromatic N) is 2. The van der Waals surface area contributed by atoms with Crippen molar-refractivity contribution in [2.75, 3.05) is 39.3 Å². The summed E-state index contributed by atoms with van der Waals surface area (Å²) in [5.41, 5.74) is 0. The van der Waals surface area contributed by atoms with Gasteiger partial charge in [-0.05, 0) is 26.3 Å². The van der Waals surface area contributed by atoms with Gasteiger partial charge in [-0.15, -0.1) is 0 Å². The average Bonchev–Trinajstić information content (AvgIpc) is 2.65. The number of esters is 1. The van der Waals surface area contributed by atoms with E-state index in [9.17, 15) is 4.79 Å². The summed E-state index contributed by atoms with van der Waals surface area (Å²) < 4.78 is 4.96. The fourth-order valence-electron chi connectivity index (χ4n) is 2.59. The lowest BCUT2D eigenvalue weighted by atomic mass is 10.1. The molecule has 2 aliphatic heterocycles. The van der Waals surface area contributed by atoms with E-state index in [0.29, 0.717) is 19.2 Å². The van der Waals surface area contributed by atoms with Crippen LogP contribution in [0.1, 0.15) is 19.8 Å². The van der Waals surface area contributed by atoms with Crippen molar-refractivity contribution >= 4 is 5.97 Å². The normalized spacial score (nSPS) is 27.7.